The number of hydrogen-bond acceptors (Lipinski definition) is 5. The molecule has 0 aliphatic carbocycles. The van der Waals surface area contributed by atoms with Gasteiger partial charge in [0.05, 0.1) is 23.0 Å². The maximum atomic E-state index is 12.8. The summed E-state index contributed by atoms with van der Waals surface area (Å²) < 4.78 is 32.3. The molecule has 1 saturated heterocycles. The molecular weight excluding hydrogens is 348 g/mol. The third kappa shape index (κ3) is 3.67. The number of nitrogens with zero attached hydrogens (tertiary/aromatic N) is 1. The highest BCUT2D eigenvalue weighted by atomic mass is 32.2. The molecule has 1 aromatic heterocycles. The SMILES string of the molecule is O=C(NCc1ccccc1S(=O)(=O)N1CCOCC1)c1cccs1. The second-order valence-electron chi connectivity index (χ2n) is 5.28. The van der Waals surface area contributed by atoms with Crippen molar-refractivity contribution in [2.75, 3.05) is 26.3 Å². The van der Waals surface area contributed by atoms with Gasteiger partial charge in [0.15, 0.2) is 0 Å². The van der Waals surface area contributed by atoms with Gasteiger partial charge in [-0.3, -0.25) is 4.79 Å². The van der Waals surface area contributed by atoms with Crippen molar-refractivity contribution in [3.63, 3.8) is 0 Å². The minimum Gasteiger partial charge on any atom is -0.379 e. The van der Waals surface area contributed by atoms with Crippen LogP contribution in [0.15, 0.2) is 46.7 Å². The Labute approximate surface area is 145 Å². The molecule has 1 N–H and O–H groups in total. The molecule has 1 aromatic carbocycles. The van der Waals surface area contributed by atoms with Crippen LogP contribution in [-0.2, 0) is 21.3 Å². The third-order valence-electron chi connectivity index (χ3n) is 3.74. The van der Waals surface area contributed by atoms with E-state index in [9.17, 15) is 13.2 Å². The number of morpholine rings is 1. The second kappa shape index (κ2) is 7.43. The number of carbonyl (C=O) groups is 1. The minimum absolute atomic E-state index is 0.163. The van der Waals surface area contributed by atoms with Gasteiger partial charge in [0.25, 0.3) is 5.91 Å². The van der Waals surface area contributed by atoms with E-state index in [1.54, 1.807) is 36.4 Å². The van der Waals surface area contributed by atoms with Gasteiger partial charge in [-0.25, -0.2) is 8.42 Å². The standard InChI is InChI=1S/C16H18N2O4S2/c19-16(14-5-3-11-23-14)17-12-13-4-1-2-6-15(13)24(20,21)18-7-9-22-10-8-18/h1-6,11H,7-10,12H2,(H,17,19). The Bertz CT molecular complexity index is 797. The highest BCUT2D eigenvalue weighted by Crippen LogP contribution is 2.21. The summed E-state index contributed by atoms with van der Waals surface area (Å²) in [6.07, 6.45) is 0. The molecule has 0 atom stereocenters. The maximum absolute atomic E-state index is 12.8. The van der Waals surface area contributed by atoms with E-state index < -0.39 is 10.0 Å². The highest BCUT2D eigenvalue weighted by Gasteiger charge is 2.28. The first-order valence-electron chi connectivity index (χ1n) is 7.56. The van der Waals surface area contributed by atoms with E-state index in [1.165, 1.54) is 15.6 Å². The van der Waals surface area contributed by atoms with Crippen LogP contribution in [0.25, 0.3) is 0 Å². The Balaban J connectivity index is 1.78. The van der Waals surface area contributed by atoms with Gasteiger partial charge < -0.3 is 10.1 Å². The fourth-order valence-electron chi connectivity index (χ4n) is 2.50. The Morgan fingerprint density at radius 2 is 1.92 bits per heavy atom. The zero-order valence-corrected chi connectivity index (χ0v) is 14.6. The number of rotatable bonds is 5. The Morgan fingerprint density at radius 1 is 1.17 bits per heavy atom. The molecule has 0 spiro atoms. The van der Waals surface area contributed by atoms with Crippen LogP contribution in [0.3, 0.4) is 0 Å². The van der Waals surface area contributed by atoms with Gasteiger partial charge in [0.2, 0.25) is 10.0 Å². The van der Waals surface area contributed by atoms with Gasteiger partial charge in [-0.1, -0.05) is 24.3 Å². The topological polar surface area (TPSA) is 75.7 Å². The molecule has 6 nitrogen and oxygen atoms in total. The number of thiophene rings is 1. The lowest BCUT2D eigenvalue weighted by atomic mass is 10.2. The zero-order chi connectivity index (χ0) is 17.0. The molecule has 2 heterocycles. The van der Waals surface area contributed by atoms with Crippen molar-refractivity contribution < 1.29 is 17.9 Å². The van der Waals surface area contributed by atoms with Gasteiger partial charge in [0.1, 0.15) is 0 Å². The minimum atomic E-state index is -3.59. The molecule has 0 unspecified atom stereocenters. The van der Waals surface area contributed by atoms with Crippen LogP contribution in [-0.4, -0.2) is 44.9 Å². The molecule has 1 amide bonds. The van der Waals surface area contributed by atoms with Gasteiger partial charge in [-0.15, -0.1) is 11.3 Å². The molecule has 1 aliphatic rings. The summed E-state index contributed by atoms with van der Waals surface area (Å²) >= 11 is 1.35. The van der Waals surface area contributed by atoms with E-state index in [2.05, 4.69) is 5.32 Å². The Hall–Kier alpha value is -1.74. The molecule has 1 aliphatic heterocycles. The summed E-state index contributed by atoms with van der Waals surface area (Å²) in [5.41, 5.74) is 0.578. The summed E-state index contributed by atoms with van der Waals surface area (Å²) in [5, 5.41) is 4.61. The first-order chi connectivity index (χ1) is 11.6. The number of benzene rings is 1. The smallest absolute Gasteiger partial charge is 0.261 e. The predicted molar refractivity (Wildman–Crippen MR) is 91.5 cm³/mol. The Morgan fingerprint density at radius 3 is 2.62 bits per heavy atom. The molecular formula is C16H18N2O4S2. The molecule has 24 heavy (non-hydrogen) atoms. The fourth-order valence-corrected chi connectivity index (χ4v) is 4.77. The lowest BCUT2D eigenvalue weighted by Gasteiger charge is -2.27. The first-order valence-corrected chi connectivity index (χ1v) is 9.88. The second-order valence-corrected chi connectivity index (χ2v) is 8.14. The molecule has 3 rings (SSSR count). The van der Waals surface area contributed by atoms with Crippen molar-refractivity contribution >= 4 is 27.3 Å². The van der Waals surface area contributed by atoms with E-state index >= 15 is 0 Å². The number of carbonyl (C=O) groups excluding carboxylic acids is 1. The van der Waals surface area contributed by atoms with Crippen molar-refractivity contribution in [2.45, 2.75) is 11.4 Å². The predicted octanol–water partition coefficient (Wildman–Crippen LogP) is 1.70. The van der Waals surface area contributed by atoms with Crippen LogP contribution in [0, 0.1) is 0 Å². The maximum Gasteiger partial charge on any atom is 0.261 e. The number of hydrogen-bond donors (Lipinski definition) is 1. The van der Waals surface area contributed by atoms with Gasteiger partial charge >= 0.3 is 0 Å². The van der Waals surface area contributed by atoms with Crippen LogP contribution < -0.4 is 5.32 Å². The van der Waals surface area contributed by atoms with E-state index in [0.717, 1.165) is 0 Å². The van der Waals surface area contributed by atoms with Crippen LogP contribution >= 0.6 is 11.3 Å². The average Bonchev–Trinajstić information content (AvgIpc) is 3.15. The molecule has 128 valence electrons. The summed E-state index contributed by atoms with van der Waals surface area (Å²) in [4.78, 5) is 12.9. The summed E-state index contributed by atoms with van der Waals surface area (Å²) in [6.45, 7) is 1.65. The number of amides is 1. The number of nitrogens with one attached hydrogen (secondary N) is 1. The van der Waals surface area contributed by atoms with Crippen molar-refractivity contribution in [2.24, 2.45) is 0 Å². The third-order valence-corrected chi connectivity index (χ3v) is 6.61. The molecule has 1 fully saturated rings. The van der Waals surface area contributed by atoms with Crippen molar-refractivity contribution in [3.8, 4) is 0 Å². The van der Waals surface area contributed by atoms with Gasteiger partial charge in [0, 0.05) is 19.6 Å². The molecule has 0 radical (unpaired) electrons. The monoisotopic (exact) mass is 366 g/mol. The van der Waals surface area contributed by atoms with Crippen molar-refractivity contribution in [3.05, 3.63) is 52.2 Å². The lowest BCUT2D eigenvalue weighted by molar-refractivity contribution is 0.0730. The van der Waals surface area contributed by atoms with Crippen molar-refractivity contribution in [1.82, 2.24) is 9.62 Å². The molecule has 2 aromatic rings. The largest absolute Gasteiger partial charge is 0.379 e. The van der Waals surface area contributed by atoms with E-state index in [-0.39, 0.29) is 17.3 Å². The number of ether oxygens (including phenoxy) is 1. The summed E-state index contributed by atoms with van der Waals surface area (Å²) in [6, 6.07) is 10.3. The van der Waals surface area contributed by atoms with E-state index in [0.29, 0.717) is 36.7 Å². The van der Waals surface area contributed by atoms with Crippen LogP contribution in [0.1, 0.15) is 15.2 Å². The highest BCUT2D eigenvalue weighted by molar-refractivity contribution is 7.89. The summed E-state index contributed by atoms with van der Waals surface area (Å²) in [7, 11) is -3.59. The first kappa shape index (κ1) is 17.1. The van der Waals surface area contributed by atoms with Gasteiger partial charge in [-0.05, 0) is 23.1 Å². The fraction of sp³-hybridized carbons (Fsp3) is 0.312. The normalized spacial score (nSPS) is 16.0. The summed E-state index contributed by atoms with van der Waals surface area (Å²) in [5.74, 6) is -0.205. The van der Waals surface area contributed by atoms with Gasteiger partial charge in [-0.2, -0.15) is 4.31 Å². The van der Waals surface area contributed by atoms with E-state index in [4.69, 9.17) is 4.74 Å². The zero-order valence-electron chi connectivity index (χ0n) is 13.0. The average molecular weight is 366 g/mol. The van der Waals surface area contributed by atoms with Crippen LogP contribution in [0.4, 0.5) is 0 Å². The molecule has 0 bridgehead atoms. The van der Waals surface area contributed by atoms with Crippen LogP contribution in [0.2, 0.25) is 0 Å². The molecule has 0 saturated carbocycles. The Kier molecular flexibility index (Phi) is 5.30. The van der Waals surface area contributed by atoms with Crippen molar-refractivity contribution in [1.29, 1.82) is 0 Å². The quantitative estimate of drug-likeness (QED) is 0.874. The lowest BCUT2D eigenvalue weighted by Crippen LogP contribution is -2.41. The number of sulfonamides is 1. The molecule has 8 heteroatoms. The van der Waals surface area contributed by atoms with E-state index in [1.807, 2.05) is 5.38 Å². The van der Waals surface area contributed by atoms with Crippen LogP contribution in [0.5, 0.6) is 0 Å².